The summed E-state index contributed by atoms with van der Waals surface area (Å²) < 4.78 is 0. The zero-order chi connectivity index (χ0) is 13.8. The summed E-state index contributed by atoms with van der Waals surface area (Å²) in [6, 6.07) is 3.03. The molecule has 0 radical (unpaired) electrons. The molecule has 0 N–H and O–H groups in total. The highest BCUT2D eigenvalue weighted by Gasteiger charge is 2.25. The molecule has 1 aromatic rings. The predicted molar refractivity (Wildman–Crippen MR) is 86.2 cm³/mol. The molecule has 110 valence electrons. The fourth-order valence-corrected chi connectivity index (χ4v) is 4.34. The van der Waals surface area contributed by atoms with Crippen molar-refractivity contribution in [3.8, 4) is 0 Å². The first kappa shape index (κ1) is 14.4. The number of piperazine rings is 1. The number of aryl methyl sites for hydroxylation is 1. The molecule has 0 spiro atoms. The van der Waals surface area contributed by atoms with Crippen molar-refractivity contribution in [2.45, 2.75) is 32.4 Å². The van der Waals surface area contributed by atoms with Crippen LogP contribution >= 0.6 is 11.8 Å². The highest BCUT2D eigenvalue weighted by molar-refractivity contribution is 7.99. The molecule has 20 heavy (non-hydrogen) atoms. The van der Waals surface area contributed by atoms with Crippen molar-refractivity contribution in [3.05, 3.63) is 29.6 Å². The first-order chi connectivity index (χ1) is 9.83. The molecule has 2 fully saturated rings. The average molecular weight is 291 g/mol. The molecule has 3 nitrogen and oxygen atoms in total. The highest BCUT2D eigenvalue weighted by Crippen LogP contribution is 2.23. The van der Waals surface area contributed by atoms with Crippen molar-refractivity contribution in [1.29, 1.82) is 0 Å². The predicted octanol–water partition coefficient (Wildman–Crippen LogP) is 2.40. The van der Waals surface area contributed by atoms with Crippen LogP contribution in [0.2, 0.25) is 0 Å². The van der Waals surface area contributed by atoms with Gasteiger partial charge in [-0.2, -0.15) is 11.8 Å². The molecule has 0 saturated carbocycles. The molecule has 0 unspecified atom stereocenters. The lowest BCUT2D eigenvalue weighted by atomic mass is 10.1. The van der Waals surface area contributed by atoms with Crippen molar-refractivity contribution in [2.24, 2.45) is 0 Å². The van der Waals surface area contributed by atoms with Gasteiger partial charge < -0.3 is 0 Å². The molecular weight excluding hydrogens is 266 g/mol. The van der Waals surface area contributed by atoms with Gasteiger partial charge in [-0.25, -0.2) is 0 Å². The molecule has 2 aliphatic heterocycles. The molecule has 2 saturated heterocycles. The van der Waals surface area contributed by atoms with Crippen molar-refractivity contribution < 1.29 is 0 Å². The Kier molecular flexibility index (Phi) is 4.97. The molecule has 0 atom stereocenters. The first-order valence-corrected chi connectivity index (χ1v) is 8.92. The van der Waals surface area contributed by atoms with Crippen LogP contribution in [0.25, 0.3) is 0 Å². The van der Waals surface area contributed by atoms with E-state index < -0.39 is 0 Å². The van der Waals surface area contributed by atoms with Crippen LogP contribution in [0.15, 0.2) is 18.5 Å². The van der Waals surface area contributed by atoms with E-state index in [0.717, 1.165) is 12.6 Å². The van der Waals surface area contributed by atoms with Gasteiger partial charge in [0.1, 0.15) is 0 Å². The minimum atomic E-state index is 0.862. The summed E-state index contributed by atoms with van der Waals surface area (Å²) in [5.74, 6) is 2.72. The number of aromatic nitrogens is 1. The Bertz CT molecular complexity index is 423. The van der Waals surface area contributed by atoms with Crippen molar-refractivity contribution in [2.75, 3.05) is 37.7 Å². The number of hydrogen-bond acceptors (Lipinski definition) is 4. The maximum Gasteiger partial charge on any atom is 0.0300 e. The molecule has 4 heteroatoms. The summed E-state index contributed by atoms with van der Waals surface area (Å²) in [6.07, 6.45) is 6.69. The zero-order valence-electron chi connectivity index (χ0n) is 12.4. The number of nitrogens with zero attached hydrogens (tertiary/aromatic N) is 3. The largest absolute Gasteiger partial charge is 0.298 e. The third-order valence-corrected chi connectivity index (χ3v) is 5.69. The smallest absolute Gasteiger partial charge is 0.0300 e. The van der Waals surface area contributed by atoms with Gasteiger partial charge in [-0.15, -0.1) is 0 Å². The average Bonchev–Trinajstić information content (AvgIpc) is 2.51. The third-order valence-electron chi connectivity index (χ3n) is 4.64. The number of pyridine rings is 1. The summed E-state index contributed by atoms with van der Waals surface area (Å²) >= 11 is 2.12. The molecule has 3 rings (SSSR count). The minimum absolute atomic E-state index is 0.862. The molecule has 3 heterocycles. The normalized spacial score (nSPS) is 23.1. The maximum atomic E-state index is 4.18. The van der Waals surface area contributed by atoms with E-state index >= 15 is 0 Å². The maximum absolute atomic E-state index is 4.18. The molecule has 0 aromatic carbocycles. The zero-order valence-corrected chi connectivity index (χ0v) is 13.2. The summed E-state index contributed by atoms with van der Waals surface area (Å²) in [4.78, 5) is 9.51. The van der Waals surface area contributed by atoms with E-state index in [1.807, 2.05) is 12.4 Å². The van der Waals surface area contributed by atoms with Crippen LogP contribution in [-0.4, -0.2) is 58.5 Å². The third kappa shape index (κ3) is 3.54. The second kappa shape index (κ2) is 6.92. The van der Waals surface area contributed by atoms with Crippen molar-refractivity contribution in [3.63, 3.8) is 0 Å². The topological polar surface area (TPSA) is 19.4 Å². The second-order valence-corrected chi connectivity index (χ2v) is 7.18. The van der Waals surface area contributed by atoms with Gasteiger partial charge in [0, 0.05) is 51.2 Å². The van der Waals surface area contributed by atoms with Crippen molar-refractivity contribution in [1.82, 2.24) is 14.8 Å². The van der Waals surface area contributed by atoms with Gasteiger partial charge in [-0.3, -0.25) is 14.8 Å². The second-order valence-electron chi connectivity index (χ2n) is 5.96. The van der Waals surface area contributed by atoms with Crippen LogP contribution in [0.3, 0.4) is 0 Å². The van der Waals surface area contributed by atoms with E-state index in [2.05, 4.69) is 39.5 Å². The van der Waals surface area contributed by atoms with Crippen LogP contribution in [0.4, 0.5) is 0 Å². The fraction of sp³-hybridized carbons (Fsp3) is 0.688. The lowest BCUT2D eigenvalue weighted by Gasteiger charge is -2.40. The van der Waals surface area contributed by atoms with E-state index in [0.29, 0.717) is 0 Å². The van der Waals surface area contributed by atoms with Gasteiger partial charge in [-0.05, 0) is 48.5 Å². The Hall–Kier alpha value is -0.580. The van der Waals surface area contributed by atoms with Crippen LogP contribution in [0.1, 0.15) is 24.0 Å². The Morgan fingerprint density at radius 1 is 1.20 bits per heavy atom. The first-order valence-electron chi connectivity index (χ1n) is 7.76. The number of hydrogen-bond donors (Lipinski definition) is 0. The molecule has 0 bridgehead atoms. The monoisotopic (exact) mass is 291 g/mol. The number of rotatable bonds is 3. The highest BCUT2D eigenvalue weighted by atomic mass is 32.2. The molecule has 0 amide bonds. The number of thioether (sulfide) groups is 1. The van der Waals surface area contributed by atoms with Gasteiger partial charge in [-0.1, -0.05) is 0 Å². The summed E-state index contributed by atoms with van der Waals surface area (Å²) in [5.41, 5.74) is 2.75. The molecule has 0 aliphatic carbocycles. The van der Waals surface area contributed by atoms with E-state index in [-0.39, 0.29) is 0 Å². The van der Waals surface area contributed by atoms with Crippen LogP contribution in [0.5, 0.6) is 0 Å². The lowest BCUT2D eigenvalue weighted by molar-refractivity contribution is 0.0878. The Labute approximate surface area is 126 Å². The Morgan fingerprint density at radius 3 is 2.65 bits per heavy atom. The molecule has 2 aliphatic rings. The fourth-order valence-electron chi connectivity index (χ4n) is 3.26. The van der Waals surface area contributed by atoms with Gasteiger partial charge in [0.05, 0.1) is 0 Å². The van der Waals surface area contributed by atoms with Crippen LogP contribution < -0.4 is 0 Å². The SMILES string of the molecule is Cc1cnccc1CN1CCN(C2CCSCC2)CC1. The van der Waals surface area contributed by atoms with E-state index in [1.165, 1.54) is 61.7 Å². The van der Waals surface area contributed by atoms with Crippen LogP contribution in [-0.2, 0) is 6.54 Å². The standard InChI is InChI=1S/C16H25N3S/c1-14-12-17-5-2-15(14)13-18-6-8-19(9-7-18)16-3-10-20-11-4-16/h2,5,12,16H,3-4,6-11,13H2,1H3. The van der Waals surface area contributed by atoms with Gasteiger partial charge in [0.2, 0.25) is 0 Å². The molecular formula is C16H25N3S. The summed E-state index contributed by atoms with van der Waals surface area (Å²) in [5, 5.41) is 0. The van der Waals surface area contributed by atoms with E-state index in [9.17, 15) is 0 Å². The lowest BCUT2D eigenvalue weighted by Crippen LogP contribution is -2.50. The van der Waals surface area contributed by atoms with Crippen molar-refractivity contribution >= 4 is 11.8 Å². The van der Waals surface area contributed by atoms with Gasteiger partial charge in [0.15, 0.2) is 0 Å². The van der Waals surface area contributed by atoms with Gasteiger partial charge >= 0.3 is 0 Å². The quantitative estimate of drug-likeness (QED) is 0.851. The summed E-state index contributed by atoms with van der Waals surface area (Å²) in [6.45, 7) is 8.18. The van der Waals surface area contributed by atoms with E-state index in [1.54, 1.807) is 0 Å². The Balaban J connectivity index is 1.50. The van der Waals surface area contributed by atoms with E-state index in [4.69, 9.17) is 0 Å². The summed E-state index contributed by atoms with van der Waals surface area (Å²) in [7, 11) is 0. The van der Waals surface area contributed by atoms with Crippen LogP contribution in [0, 0.1) is 6.92 Å². The minimum Gasteiger partial charge on any atom is -0.298 e. The molecule has 1 aromatic heterocycles. The Morgan fingerprint density at radius 2 is 1.95 bits per heavy atom. The van der Waals surface area contributed by atoms with Gasteiger partial charge in [0.25, 0.3) is 0 Å².